The van der Waals surface area contributed by atoms with Gasteiger partial charge in [0.05, 0.1) is 18.2 Å². The van der Waals surface area contributed by atoms with Crippen LogP contribution in [0.2, 0.25) is 0 Å². The third-order valence-electron chi connectivity index (χ3n) is 3.54. The number of rotatable bonds is 10. The number of nitriles is 3. The summed E-state index contributed by atoms with van der Waals surface area (Å²) in [6.07, 6.45) is 6.68. The zero-order valence-corrected chi connectivity index (χ0v) is 15.5. The Bertz CT molecular complexity index is 578. The fraction of sp³-hybridized carbons (Fsp3) is 0.500. The number of benzene rings is 1. The summed E-state index contributed by atoms with van der Waals surface area (Å²) in [6.45, 7) is 2.19. The van der Waals surface area contributed by atoms with Crippen molar-refractivity contribution in [3.05, 3.63) is 24.3 Å². The molecule has 0 fully saturated rings. The first-order valence-electron chi connectivity index (χ1n) is 7.98. The standard InChI is InChI=1S/C18H23N3P2/c1-2-13-22(14-5-10-19)17-8-3-4-9-18(17)23(15-6-11-20)16-7-12-21/h3-4,8-9H,2,5-7,13-16H2,1H3. The van der Waals surface area contributed by atoms with Crippen molar-refractivity contribution in [1.29, 1.82) is 15.8 Å². The van der Waals surface area contributed by atoms with Gasteiger partial charge in [-0.2, -0.15) is 15.8 Å². The Balaban J connectivity index is 3.10. The van der Waals surface area contributed by atoms with Gasteiger partial charge in [0.25, 0.3) is 0 Å². The SMILES string of the molecule is CCCP(CCC#N)c1ccccc1P(CCC#N)CCC#N. The van der Waals surface area contributed by atoms with Crippen LogP contribution in [0, 0.1) is 34.0 Å². The minimum atomic E-state index is -0.458. The van der Waals surface area contributed by atoms with E-state index in [2.05, 4.69) is 49.4 Å². The maximum atomic E-state index is 8.93. The monoisotopic (exact) mass is 343 g/mol. The Labute approximate surface area is 142 Å². The van der Waals surface area contributed by atoms with Crippen molar-refractivity contribution >= 4 is 26.5 Å². The molecule has 23 heavy (non-hydrogen) atoms. The molecule has 1 aromatic rings. The van der Waals surface area contributed by atoms with Gasteiger partial charge in [-0.15, -0.1) is 0 Å². The number of nitrogens with zero attached hydrogens (tertiary/aromatic N) is 3. The molecule has 0 saturated heterocycles. The van der Waals surface area contributed by atoms with Gasteiger partial charge < -0.3 is 0 Å². The van der Waals surface area contributed by atoms with E-state index in [1.165, 1.54) is 10.6 Å². The van der Waals surface area contributed by atoms with Crippen molar-refractivity contribution in [3.63, 3.8) is 0 Å². The zero-order chi connectivity index (χ0) is 16.9. The lowest BCUT2D eigenvalue weighted by molar-refractivity contribution is 1.09. The van der Waals surface area contributed by atoms with Crippen LogP contribution in [0.25, 0.3) is 0 Å². The van der Waals surface area contributed by atoms with Gasteiger partial charge in [-0.05, 0) is 35.3 Å². The van der Waals surface area contributed by atoms with Crippen molar-refractivity contribution in [2.75, 3.05) is 24.6 Å². The van der Waals surface area contributed by atoms with Gasteiger partial charge in [-0.25, -0.2) is 0 Å². The van der Waals surface area contributed by atoms with Crippen molar-refractivity contribution < 1.29 is 0 Å². The molecule has 5 heteroatoms. The summed E-state index contributed by atoms with van der Waals surface area (Å²) in [5.41, 5.74) is 0. The first kappa shape index (κ1) is 19.6. The Kier molecular flexibility index (Phi) is 10.3. The van der Waals surface area contributed by atoms with E-state index in [9.17, 15) is 0 Å². The van der Waals surface area contributed by atoms with Gasteiger partial charge in [0.1, 0.15) is 0 Å². The second-order valence-corrected chi connectivity index (χ2v) is 10.1. The Hall–Kier alpha value is -1.45. The highest BCUT2D eigenvalue weighted by molar-refractivity contribution is 7.72. The third kappa shape index (κ3) is 6.67. The summed E-state index contributed by atoms with van der Waals surface area (Å²) in [4.78, 5) is 0. The predicted molar refractivity (Wildman–Crippen MR) is 100.0 cm³/mol. The molecule has 0 spiro atoms. The molecule has 0 heterocycles. The normalized spacial score (nSPS) is 11.4. The van der Waals surface area contributed by atoms with Crippen LogP contribution in [-0.2, 0) is 0 Å². The molecule has 1 rings (SSSR count). The summed E-state index contributed by atoms with van der Waals surface area (Å²) < 4.78 is 0. The summed E-state index contributed by atoms with van der Waals surface area (Å²) >= 11 is 0. The van der Waals surface area contributed by atoms with Crippen molar-refractivity contribution in [2.24, 2.45) is 0 Å². The van der Waals surface area contributed by atoms with Crippen LogP contribution in [0.15, 0.2) is 24.3 Å². The van der Waals surface area contributed by atoms with Gasteiger partial charge >= 0.3 is 0 Å². The van der Waals surface area contributed by atoms with Crippen LogP contribution in [-0.4, -0.2) is 24.6 Å². The van der Waals surface area contributed by atoms with E-state index in [0.29, 0.717) is 19.3 Å². The zero-order valence-electron chi connectivity index (χ0n) is 13.7. The minimum absolute atomic E-state index is 0.317. The average molecular weight is 343 g/mol. The van der Waals surface area contributed by atoms with E-state index >= 15 is 0 Å². The second kappa shape index (κ2) is 12.0. The highest BCUT2D eigenvalue weighted by Gasteiger charge is 2.19. The van der Waals surface area contributed by atoms with E-state index in [1.807, 2.05) is 0 Å². The summed E-state index contributed by atoms with van der Waals surface area (Å²) in [5, 5.41) is 29.6. The Morgan fingerprint density at radius 3 is 1.48 bits per heavy atom. The Morgan fingerprint density at radius 2 is 1.13 bits per heavy atom. The lowest BCUT2D eigenvalue weighted by atomic mass is 10.4. The van der Waals surface area contributed by atoms with Crippen molar-refractivity contribution in [3.8, 4) is 18.2 Å². The van der Waals surface area contributed by atoms with E-state index in [4.69, 9.17) is 15.8 Å². The molecule has 3 nitrogen and oxygen atoms in total. The van der Waals surface area contributed by atoms with Gasteiger partial charge in [0, 0.05) is 19.3 Å². The molecule has 0 amide bonds. The average Bonchev–Trinajstić information content (AvgIpc) is 2.59. The molecular formula is C18H23N3P2. The first-order valence-corrected chi connectivity index (χ1v) is 11.4. The first-order chi connectivity index (χ1) is 11.3. The quantitative estimate of drug-likeness (QED) is 0.602. The van der Waals surface area contributed by atoms with Crippen LogP contribution in [0.5, 0.6) is 0 Å². The van der Waals surface area contributed by atoms with E-state index in [-0.39, 0.29) is 7.92 Å². The van der Waals surface area contributed by atoms with E-state index in [0.717, 1.165) is 31.1 Å². The highest BCUT2D eigenvalue weighted by Crippen LogP contribution is 2.41. The molecular weight excluding hydrogens is 320 g/mol. The molecule has 0 bridgehead atoms. The second-order valence-electron chi connectivity index (χ2n) is 5.19. The molecule has 0 radical (unpaired) electrons. The highest BCUT2D eigenvalue weighted by atomic mass is 31.1. The Morgan fingerprint density at radius 1 is 0.739 bits per heavy atom. The van der Waals surface area contributed by atoms with E-state index in [1.54, 1.807) is 0 Å². The fourth-order valence-corrected chi connectivity index (χ4v) is 7.83. The summed E-state index contributed by atoms with van der Waals surface area (Å²) in [7, 11) is -0.775. The molecule has 1 aromatic carbocycles. The number of hydrogen-bond donors (Lipinski definition) is 0. The minimum Gasteiger partial charge on any atom is -0.198 e. The lowest BCUT2D eigenvalue weighted by Gasteiger charge is -2.25. The molecule has 0 N–H and O–H groups in total. The third-order valence-corrected chi connectivity index (χ3v) is 9.13. The van der Waals surface area contributed by atoms with Crippen LogP contribution in [0.1, 0.15) is 32.6 Å². The molecule has 0 aliphatic carbocycles. The molecule has 0 aromatic heterocycles. The smallest absolute Gasteiger partial charge is 0.0625 e. The van der Waals surface area contributed by atoms with Crippen molar-refractivity contribution in [1.82, 2.24) is 0 Å². The van der Waals surface area contributed by atoms with Gasteiger partial charge in [0.2, 0.25) is 0 Å². The van der Waals surface area contributed by atoms with Crippen LogP contribution >= 0.6 is 15.8 Å². The molecule has 1 unspecified atom stereocenters. The van der Waals surface area contributed by atoms with E-state index < -0.39 is 7.92 Å². The largest absolute Gasteiger partial charge is 0.198 e. The molecule has 0 aliphatic rings. The molecule has 0 saturated carbocycles. The van der Waals surface area contributed by atoms with Gasteiger partial charge in [-0.3, -0.25) is 0 Å². The van der Waals surface area contributed by atoms with Crippen LogP contribution in [0.4, 0.5) is 0 Å². The predicted octanol–water partition coefficient (Wildman–Crippen LogP) is 4.05. The molecule has 0 aliphatic heterocycles. The van der Waals surface area contributed by atoms with Gasteiger partial charge in [-0.1, -0.05) is 53.5 Å². The number of hydrogen-bond acceptors (Lipinski definition) is 3. The maximum absolute atomic E-state index is 8.93. The van der Waals surface area contributed by atoms with Crippen LogP contribution < -0.4 is 10.6 Å². The molecule has 120 valence electrons. The molecule has 1 atom stereocenters. The van der Waals surface area contributed by atoms with Crippen molar-refractivity contribution in [2.45, 2.75) is 32.6 Å². The van der Waals surface area contributed by atoms with Crippen LogP contribution in [0.3, 0.4) is 0 Å². The summed E-state index contributed by atoms with van der Waals surface area (Å²) in [6, 6.07) is 15.3. The maximum Gasteiger partial charge on any atom is 0.0625 e. The van der Waals surface area contributed by atoms with Gasteiger partial charge in [0.15, 0.2) is 0 Å². The topological polar surface area (TPSA) is 71.4 Å². The fourth-order valence-electron chi connectivity index (χ4n) is 2.53. The lowest BCUT2D eigenvalue weighted by Crippen LogP contribution is -2.25. The summed E-state index contributed by atoms with van der Waals surface area (Å²) in [5.74, 6) is 0.